The largest absolute Gasteiger partial charge is 0.318 e. The van der Waals surface area contributed by atoms with Crippen LogP contribution in [0.15, 0.2) is 22.7 Å². The molecule has 2 aromatic rings. The lowest BCUT2D eigenvalue weighted by molar-refractivity contribution is 0.101. The lowest BCUT2D eigenvalue weighted by atomic mass is 10.3. The molecule has 5 nitrogen and oxygen atoms in total. The Labute approximate surface area is 116 Å². The Hall–Kier alpha value is -1.76. The molecule has 0 atom stereocenters. The third-order valence-corrected chi connectivity index (χ3v) is 3.54. The monoisotopic (exact) mass is 324 g/mol. The fourth-order valence-electron chi connectivity index (χ4n) is 1.69. The Kier molecular flexibility index (Phi) is 3.06. The molecule has 1 aliphatic carbocycles. The van der Waals surface area contributed by atoms with Crippen molar-refractivity contribution >= 4 is 27.5 Å². The zero-order valence-electron chi connectivity index (χ0n) is 9.78. The Balaban J connectivity index is 1.77. The van der Waals surface area contributed by atoms with Gasteiger partial charge in [-0.15, -0.1) is 5.10 Å². The summed E-state index contributed by atoms with van der Waals surface area (Å²) in [6.45, 7) is 0. The minimum absolute atomic E-state index is 0.0676. The van der Waals surface area contributed by atoms with E-state index in [1.54, 1.807) is 0 Å². The first-order chi connectivity index (χ1) is 9.13. The molecule has 0 unspecified atom stereocenters. The van der Waals surface area contributed by atoms with Gasteiger partial charge in [-0.3, -0.25) is 9.89 Å². The molecule has 1 amide bonds. The van der Waals surface area contributed by atoms with Crippen molar-refractivity contribution in [3.05, 3.63) is 40.1 Å². The summed E-state index contributed by atoms with van der Waals surface area (Å²) in [5.41, 5.74) is 0.350. The number of aromatic amines is 1. The SMILES string of the molecule is O=C(Nc1cc(F)ccc1Br)c1n[nH]c(C2CC2)n1. The van der Waals surface area contributed by atoms with Crippen LogP contribution in [0, 0.1) is 5.82 Å². The Bertz CT molecular complexity index is 638. The number of rotatable bonds is 3. The van der Waals surface area contributed by atoms with Gasteiger partial charge in [0, 0.05) is 10.4 Å². The van der Waals surface area contributed by atoms with Crippen molar-refractivity contribution in [2.24, 2.45) is 0 Å². The predicted molar refractivity (Wildman–Crippen MR) is 70.4 cm³/mol. The van der Waals surface area contributed by atoms with Crippen LogP contribution in [0.4, 0.5) is 10.1 Å². The number of nitrogens with one attached hydrogen (secondary N) is 2. The average Bonchev–Trinajstić information content (AvgIpc) is 3.11. The van der Waals surface area contributed by atoms with Crippen LogP contribution in [0.2, 0.25) is 0 Å². The highest BCUT2D eigenvalue weighted by Gasteiger charge is 2.28. The van der Waals surface area contributed by atoms with Crippen LogP contribution in [-0.4, -0.2) is 21.1 Å². The number of aromatic nitrogens is 3. The molecule has 0 spiro atoms. The Morgan fingerprint density at radius 3 is 3.00 bits per heavy atom. The zero-order chi connectivity index (χ0) is 13.4. The molecule has 0 radical (unpaired) electrons. The molecule has 0 bridgehead atoms. The highest BCUT2D eigenvalue weighted by atomic mass is 79.9. The first-order valence-electron chi connectivity index (χ1n) is 5.82. The van der Waals surface area contributed by atoms with E-state index >= 15 is 0 Å². The fraction of sp³-hybridized carbons (Fsp3) is 0.250. The molecule has 98 valence electrons. The van der Waals surface area contributed by atoms with Gasteiger partial charge in [0.25, 0.3) is 5.91 Å². The molecule has 1 saturated carbocycles. The van der Waals surface area contributed by atoms with E-state index in [0.717, 1.165) is 18.7 Å². The average molecular weight is 325 g/mol. The highest BCUT2D eigenvalue weighted by molar-refractivity contribution is 9.10. The van der Waals surface area contributed by atoms with E-state index in [9.17, 15) is 9.18 Å². The summed E-state index contributed by atoms with van der Waals surface area (Å²) < 4.78 is 13.7. The quantitative estimate of drug-likeness (QED) is 0.912. The van der Waals surface area contributed by atoms with Crippen molar-refractivity contribution in [1.29, 1.82) is 0 Å². The molecule has 0 saturated heterocycles. The molecule has 7 heteroatoms. The minimum atomic E-state index is -0.463. The van der Waals surface area contributed by atoms with E-state index in [1.807, 2.05) is 0 Å². The third kappa shape index (κ3) is 2.65. The van der Waals surface area contributed by atoms with Gasteiger partial charge in [-0.1, -0.05) is 0 Å². The summed E-state index contributed by atoms with van der Waals surface area (Å²) in [4.78, 5) is 16.1. The number of hydrogen-bond donors (Lipinski definition) is 2. The van der Waals surface area contributed by atoms with E-state index in [4.69, 9.17) is 0 Å². The van der Waals surface area contributed by atoms with Crippen molar-refractivity contribution in [3.63, 3.8) is 0 Å². The molecule has 0 aliphatic heterocycles. The molecule has 1 aliphatic rings. The molecular weight excluding hydrogens is 315 g/mol. The van der Waals surface area contributed by atoms with Gasteiger partial charge in [0.05, 0.1) is 5.69 Å². The van der Waals surface area contributed by atoms with Crippen molar-refractivity contribution in [2.75, 3.05) is 5.32 Å². The van der Waals surface area contributed by atoms with E-state index in [0.29, 0.717) is 16.1 Å². The van der Waals surface area contributed by atoms with Crippen LogP contribution in [0.5, 0.6) is 0 Å². The molecule has 19 heavy (non-hydrogen) atoms. The molecule has 2 N–H and O–H groups in total. The van der Waals surface area contributed by atoms with Crippen LogP contribution in [0.3, 0.4) is 0 Å². The van der Waals surface area contributed by atoms with Gasteiger partial charge < -0.3 is 5.32 Å². The summed E-state index contributed by atoms with van der Waals surface area (Å²) in [5.74, 6) is 0.318. The first-order valence-corrected chi connectivity index (χ1v) is 6.61. The molecular formula is C12H10BrFN4O. The molecule has 1 aromatic heterocycles. The van der Waals surface area contributed by atoms with Crippen LogP contribution in [0.1, 0.15) is 35.2 Å². The van der Waals surface area contributed by atoms with Crippen LogP contribution in [-0.2, 0) is 0 Å². The van der Waals surface area contributed by atoms with Crippen molar-refractivity contribution in [2.45, 2.75) is 18.8 Å². The maximum Gasteiger partial charge on any atom is 0.295 e. The number of nitrogens with zero attached hydrogens (tertiary/aromatic N) is 2. The van der Waals surface area contributed by atoms with E-state index in [-0.39, 0.29) is 5.82 Å². The number of carbonyl (C=O) groups is 1. The Morgan fingerprint density at radius 1 is 1.47 bits per heavy atom. The number of hydrogen-bond acceptors (Lipinski definition) is 3. The van der Waals surface area contributed by atoms with Gasteiger partial charge in [0.1, 0.15) is 11.6 Å². The number of H-pyrrole nitrogens is 1. The predicted octanol–water partition coefficient (Wildman–Crippen LogP) is 2.84. The molecule has 1 fully saturated rings. The van der Waals surface area contributed by atoms with Crippen molar-refractivity contribution in [1.82, 2.24) is 15.2 Å². The molecule has 1 heterocycles. The number of halogens is 2. The smallest absolute Gasteiger partial charge is 0.295 e. The zero-order valence-corrected chi connectivity index (χ0v) is 11.4. The normalized spacial score (nSPS) is 14.4. The summed E-state index contributed by atoms with van der Waals surface area (Å²) in [5, 5.41) is 9.19. The van der Waals surface area contributed by atoms with Crippen molar-refractivity contribution in [3.8, 4) is 0 Å². The van der Waals surface area contributed by atoms with Gasteiger partial charge in [0.15, 0.2) is 0 Å². The fourth-order valence-corrected chi connectivity index (χ4v) is 2.03. The summed E-state index contributed by atoms with van der Waals surface area (Å²) in [7, 11) is 0. The summed E-state index contributed by atoms with van der Waals surface area (Å²) in [6, 6.07) is 4.06. The number of carbonyl (C=O) groups excluding carboxylic acids is 1. The number of benzene rings is 1. The maximum absolute atomic E-state index is 13.1. The molecule has 1 aromatic carbocycles. The van der Waals surface area contributed by atoms with Gasteiger partial charge in [-0.2, -0.15) is 0 Å². The first kappa shape index (κ1) is 12.3. The van der Waals surface area contributed by atoms with Gasteiger partial charge in [-0.05, 0) is 47.0 Å². The number of amides is 1. The lowest BCUT2D eigenvalue weighted by Gasteiger charge is -2.05. The molecule has 3 rings (SSSR count). The van der Waals surface area contributed by atoms with Gasteiger partial charge in [-0.25, -0.2) is 9.37 Å². The van der Waals surface area contributed by atoms with Crippen LogP contribution in [0.25, 0.3) is 0 Å². The second kappa shape index (κ2) is 4.73. The highest BCUT2D eigenvalue weighted by Crippen LogP contribution is 2.37. The van der Waals surface area contributed by atoms with Crippen LogP contribution >= 0.6 is 15.9 Å². The lowest BCUT2D eigenvalue weighted by Crippen LogP contribution is -2.14. The standard InChI is InChI=1S/C12H10BrFN4O/c13-8-4-3-7(14)5-9(8)15-12(19)11-16-10(17-18-11)6-1-2-6/h3-6H,1-2H2,(H,15,19)(H,16,17,18). The third-order valence-electron chi connectivity index (χ3n) is 2.85. The van der Waals surface area contributed by atoms with Gasteiger partial charge >= 0.3 is 0 Å². The van der Waals surface area contributed by atoms with Crippen LogP contribution < -0.4 is 5.32 Å². The number of anilines is 1. The second-order valence-corrected chi connectivity index (χ2v) is 5.25. The Morgan fingerprint density at radius 2 is 2.26 bits per heavy atom. The topological polar surface area (TPSA) is 70.7 Å². The summed E-state index contributed by atoms with van der Waals surface area (Å²) >= 11 is 3.24. The van der Waals surface area contributed by atoms with E-state index in [1.165, 1.54) is 18.2 Å². The van der Waals surface area contributed by atoms with Gasteiger partial charge in [0.2, 0.25) is 5.82 Å². The van der Waals surface area contributed by atoms with E-state index in [2.05, 4.69) is 36.4 Å². The van der Waals surface area contributed by atoms with Crippen molar-refractivity contribution < 1.29 is 9.18 Å². The second-order valence-electron chi connectivity index (χ2n) is 4.40. The maximum atomic E-state index is 13.1. The summed E-state index contributed by atoms with van der Waals surface area (Å²) in [6.07, 6.45) is 2.15. The van der Waals surface area contributed by atoms with E-state index < -0.39 is 11.7 Å². The minimum Gasteiger partial charge on any atom is -0.318 e.